The van der Waals surface area contributed by atoms with E-state index in [2.05, 4.69) is 57.5 Å². The van der Waals surface area contributed by atoms with E-state index in [0.717, 1.165) is 0 Å². The second kappa shape index (κ2) is 9.64. The number of nitrogens with one attached hydrogen (secondary N) is 3. The molecule has 0 radical (unpaired) electrons. The number of carbonyl (C=O) groups is 3. The first-order valence-corrected chi connectivity index (χ1v) is 10.8. The lowest BCUT2D eigenvalue weighted by Gasteiger charge is -2.32. The van der Waals surface area contributed by atoms with Crippen LogP contribution in [0.3, 0.4) is 0 Å². The Kier molecular flexibility index (Phi) is 8.47. The molecule has 174 valence electrons. The molecule has 8 heteroatoms. The quantitative estimate of drug-likeness (QED) is 0.375. The van der Waals surface area contributed by atoms with Crippen LogP contribution in [0.25, 0.3) is 0 Å². The van der Waals surface area contributed by atoms with Gasteiger partial charge in [-0.3, -0.25) is 14.4 Å². The van der Waals surface area contributed by atoms with Crippen molar-refractivity contribution in [1.29, 1.82) is 0 Å². The minimum atomic E-state index is -0.900. The fourth-order valence-corrected chi connectivity index (χ4v) is 3.63. The smallest absolute Gasteiger partial charge is 0.240 e. The number of primary amides is 1. The number of rotatable bonds is 9. The van der Waals surface area contributed by atoms with Crippen molar-refractivity contribution in [3.63, 3.8) is 0 Å². The van der Waals surface area contributed by atoms with Crippen LogP contribution >= 0.6 is 0 Å². The molecule has 1 aliphatic rings. The Labute approximate surface area is 181 Å². The summed E-state index contributed by atoms with van der Waals surface area (Å²) in [5.74, 6) is -1.41. The molecule has 0 bridgehead atoms. The van der Waals surface area contributed by atoms with Crippen molar-refractivity contribution in [2.45, 2.75) is 98.3 Å². The van der Waals surface area contributed by atoms with Crippen LogP contribution in [0.4, 0.5) is 0 Å². The molecule has 1 rings (SSSR count). The average molecular weight is 426 g/mol. The summed E-state index contributed by atoms with van der Waals surface area (Å²) in [5.41, 5.74) is 11.3. The summed E-state index contributed by atoms with van der Waals surface area (Å²) >= 11 is 0. The Balaban J connectivity index is 2.87. The molecule has 8 nitrogen and oxygen atoms in total. The molecule has 1 fully saturated rings. The van der Waals surface area contributed by atoms with Crippen molar-refractivity contribution in [1.82, 2.24) is 16.0 Å². The van der Waals surface area contributed by atoms with E-state index in [4.69, 9.17) is 11.5 Å². The summed E-state index contributed by atoms with van der Waals surface area (Å²) in [6.45, 7) is 16.6. The number of hydrogen-bond donors (Lipinski definition) is 5. The van der Waals surface area contributed by atoms with Crippen molar-refractivity contribution in [3.05, 3.63) is 0 Å². The molecule has 1 saturated heterocycles. The summed E-state index contributed by atoms with van der Waals surface area (Å²) in [6.07, 6.45) is 1.35. The van der Waals surface area contributed by atoms with Crippen LogP contribution in [-0.2, 0) is 14.4 Å². The van der Waals surface area contributed by atoms with Gasteiger partial charge in [0.2, 0.25) is 17.7 Å². The molecule has 4 atom stereocenters. The maximum atomic E-state index is 13.1. The second-order valence-corrected chi connectivity index (χ2v) is 11.7. The Morgan fingerprint density at radius 1 is 1.17 bits per heavy atom. The van der Waals surface area contributed by atoms with Crippen LogP contribution in [0.5, 0.6) is 0 Å². The van der Waals surface area contributed by atoms with Gasteiger partial charge in [0, 0.05) is 24.0 Å². The lowest BCUT2D eigenvalue weighted by atomic mass is 9.85. The molecule has 0 saturated carbocycles. The number of amides is 3. The van der Waals surface area contributed by atoms with E-state index >= 15 is 0 Å². The van der Waals surface area contributed by atoms with Crippen LogP contribution < -0.4 is 27.4 Å². The Morgan fingerprint density at radius 3 is 2.13 bits per heavy atom. The zero-order chi connectivity index (χ0) is 23.5. The molecule has 0 spiro atoms. The highest BCUT2D eigenvalue weighted by atomic mass is 16.2. The van der Waals surface area contributed by atoms with Crippen LogP contribution in [0.1, 0.15) is 74.7 Å². The van der Waals surface area contributed by atoms with Gasteiger partial charge in [-0.15, -0.1) is 0 Å². The normalized spacial score (nSPS) is 22.2. The van der Waals surface area contributed by atoms with Gasteiger partial charge in [0.05, 0.1) is 6.04 Å². The van der Waals surface area contributed by atoms with Crippen LogP contribution in [0, 0.1) is 16.7 Å². The Morgan fingerprint density at radius 2 is 1.73 bits per heavy atom. The topological polar surface area (TPSA) is 139 Å². The highest BCUT2D eigenvalue weighted by Crippen LogP contribution is 2.28. The minimum absolute atomic E-state index is 0.103. The fourth-order valence-electron chi connectivity index (χ4n) is 3.63. The van der Waals surface area contributed by atoms with E-state index in [-0.39, 0.29) is 46.6 Å². The standard InChI is InChI=1S/C22H43N5O3/c1-20(2,3)11-15(25-12-16(23)21(4,5)6)19(30)26-14(17(24)28)9-13-10-22(7,8)27-18(13)29/h13-16,25H,9-12,23H2,1-8H3,(H2,24,28)(H,26,30)(H,27,29)/t13-,14?,15?,16?/m1/s1. The highest BCUT2D eigenvalue weighted by Gasteiger charge is 2.40. The van der Waals surface area contributed by atoms with Gasteiger partial charge in [-0.25, -0.2) is 0 Å². The lowest BCUT2D eigenvalue weighted by molar-refractivity contribution is -0.130. The van der Waals surface area contributed by atoms with E-state index in [0.29, 0.717) is 19.4 Å². The first kappa shape index (κ1) is 26.4. The van der Waals surface area contributed by atoms with Crippen LogP contribution in [0.2, 0.25) is 0 Å². The van der Waals surface area contributed by atoms with Crippen LogP contribution in [0.15, 0.2) is 0 Å². The largest absolute Gasteiger partial charge is 0.368 e. The molecule has 0 aromatic rings. The van der Waals surface area contributed by atoms with Crippen molar-refractivity contribution >= 4 is 17.7 Å². The van der Waals surface area contributed by atoms with E-state index in [1.165, 1.54) is 0 Å². The van der Waals surface area contributed by atoms with E-state index in [1.807, 2.05) is 13.8 Å². The zero-order valence-corrected chi connectivity index (χ0v) is 20.0. The highest BCUT2D eigenvalue weighted by molar-refractivity contribution is 5.90. The molecule has 3 amide bonds. The Hall–Kier alpha value is -1.67. The molecular formula is C22H43N5O3. The molecule has 0 aliphatic carbocycles. The van der Waals surface area contributed by atoms with Crippen molar-refractivity contribution in [2.24, 2.45) is 28.2 Å². The first-order chi connectivity index (χ1) is 13.4. The van der Waals surface area contributed by atoms with Crippen molar-refractivity contribution < 1.29 is 14.4 Å². The summed E-state index contributed by atoms with van der Waals surface area (Å²) in [4.78, 5) is 37.3. The first-order valence-electron chi connectivity index (χ1n) is 10.8. The SMILES string of the molecule is CC(C)(C)CC(NCC(N)C(C)(C)C)C(=O)NC(C[C@@H]1CC(C)(C)NC1=O)C(N)=O. The van der Waals surface area contributed by atoms with E-state index in [9.17, 15) is 14.4 Å². The number of carbonyl (C=O) groups excluding carboxylic acids is 3. The van der Waals surface area contributed by atoms with Crippen LogP contribution in [-0.4, -0.2) is 47.9 Å². The summed E-state index contributed by atoms with van der Waals surface area (Å²) in [6, 6.07) is -1.55. The van der Waals surface area contributed by atoms with Gasteiger partial charge in [0.15, 0.2) is 0 Å². The maximum absolute atomic E-state index is 13.1. The molecule has 0 aromatic carbocycles. The Bertz CT molecular complexity index is 634. The van der Waals surface area contributed by atoms with Crippen molar-refractivity contribution in [3.8, 4) is 0 Å². The monoisotopic (exact) mass is 425 g/mol. The van der Waals surface area contributed by atoms with E-state index < -0.39 is 18.0 Å². The molecule has 30 heavy (non-hydrogen) atoms. The second-order valence-electron chi connectivity index (χ2n) is 11.7. The van der Waals surface area contributed by atoms with Crippen molar-refractivity contribution in [2.75, 3.05) is 6.54 Å². The van der Waals surface area contributed by atoms with Gasteiger partial charge in [0.1, 0.15) is 6.04 Å². The molecule has 3 unspecified atom stereocenters. The lowest BCUT2D eigenvalue weighted by Crippen LogP contribution is -2.55. The fraction of sp³-hybridized carbons (Fsp3) is 0.864. The third-order valence-corrected chi connectivity index (χ3v) is 5.60. The number of nitrogens with two attached hydrogens (primary N) is 2. The van der Waals surface area contributed by atoms with Gasteiger partial charge >= 0.3 is 0 Å². The third-order valence-electron chi connectivity index (χ3n) is 5.60. The summed E-state index contributed by atoms with van der Waals surface area (Å²) in [5, 5.41) is 8.96. The average Bonchev–Trinajstić information content (AvgIpc) is 2.79. The van der Waals surface area contributed by atoms with Gasteiger partial charge in [-0.1, -0.05) is 41.5 Å². The zero-order valence-electron chi connectivity index (χ0n) is 20.0. The van der Waals surface area contributed by atoms with Gasteiger partial charge in [-0.2, -0.15) is 0 Å². The third kappa shape index (κ3) is 8.60. The summed E-state index contributed by atoms with van der Waals surface area (Å²) in [7, 11) is 0. The molecule has 0 aromatic heterocycles. The van der Waals surface area contributed by atoms with Gasteiger partial charge in [-0.05, 0) is 43.9 Å². The predicted molar refractivity (Wildman–Crippen MR) is 119 cm³/mol. The molecular weight excluding hydrogens is 382 g/mol. The number of hydrogen-bond acceptors (Lipinski definition) is 5. The van der Waals surface area contributed by atoms with Gasteiger partial charge < -0.3 is 27.4 Å². The summed E-state index contributed by atoms with van der Waals surface area (Å²) < 4.78 is 0. The van der Waals surface area contributed by atoms with Gasteiger partial charge in [0.25, 0.3) is 0 Å². The maximum Gasteiger partial charge on any atom is 0.240 e. The molecule has 1 aliphatic heterocycles. The molecule has 7 N–H and O–H groups in total. The molecule has 1 heterocycles. The minimum Gasteiger partial charge on any atom is -0.368 e. The van der Waals surface area contributed by atoms with E-state index in [1.54, 1.807) is 0 Å². The predicted octanol–water partition coefficient (Wildman–Crippen LogP) is 1.03.